The van der Waals surface area contributed by atoms with Crippen LogP contribution >= 0.6 is 46.4 Å². The Morgan fingerprint density at radius 1 is 0.529 bits per heavy atom. The van der Waals surface area contributed by atoms with E-state index in [0.717, 1.165) is 12.3 Å². The van der Waals surface area contributed by atoms with Gasteiger partial charge in [0, 0.05) is 5.88 Å². The summed E-state index contributed by atoms with van der Waals surface area (Å²) in [4.78, 5) is 0. The summed E-state index contributed by atoms with van der Waals surface area (Å²) in [6.45, 7) is 0. The summed E-state index contributed by atoms with van der Waals surface area (Å²) in [5.41, 5.74) is 0. The van der Waals surface area contributed by atoms with E-state index in [1.54, 1.807) is 0 Å². The van der Waals surface area contributed by atoms with Crippen LogP contribution in [0.4, 0.5) is 0 Å². The van der Waals surface area contributed by atoms with Crippen LogP contribution in [-0.2, 0) is 0 Å². The van der Waals surface area contributed by atoms with Gasteiger partial charge in [-0.15, -0.1) is 11.6 Å². The lowest BCUT2D eigenvalue weighted by atomic mass is 10.1. The summed E-state index contributed by atoms with van der Waals surface area (Å²) in [6, 6.07) is 0. The van der Waals surface area contributed by atoms with Gasteiger partial charge in [-0.05, 0) is 19.3 Å². The second-order valence-electron chi connectivity index (χ2n) is 4.59. The summed E-state index contributed by atoms with van der Waals surface area (Å²) in [5.74, 6) is 0.809. The van der Waals surface area contributed by atoms with E-state index in [4.69, 9.17) is 46.4 Å². The molecule has 0 aromatic carbocycles. The molecule has 0 saturated carbocycles. The molecule has 0 radical (unpaired) electrons. The van der Waals surface area contributed by atoms with Crippen molar-refractivity contribution in [1.29, 1.82) is 0 Å². The molecule has 0 aromatic rings. The highest BCUT2D eigenvalue weighted by atomic mass is 35.6. The van der Waals surface area contributed by atoms with E-state index < -0.39 is 3.79 Å². The molecule has 0 aromatic heterocycles. The third kappa shape index (κ3) is 17.2. The average Bonchev–Trinajstić information content (AvgIpc) is 2.24. The molecule has 0 spiro atoms. The van der Waals surface area contributed by atoms with Gasteiger partial charge in [-0.25, -0.2) is 0 Å². The molecule has 0 aliphatic heterocycles. The van der Waals surface area contributed by atoms with Crippen molar-refractivity contribution in [3.63, 3.8) is 0 Å². The van der Waals surface area contributed by atoms with E-state index in [1.165, 1.54) is 57.8 Å². The topological polar surface area (TPSA) is 0 Å². The predicted octanol–water partition coefficient (Wildman–Crippen LogP) is 6.89. The zero-order chi connectivity index (χ0) is 13.0. The number of unbranched alkanes of at least 4 members (excludes halogenated alkanes) is 9. The first kappa shape index (κ1) is 18.2. The molecular weight excluding hydrogens is 298 g/mol. The van der Waals surface area contributed by atoms with E-state index >= 15 is 0 Å². The lowest BCUT2D eigenvalue weighted by Gasteiger charge is -2.09. The van der Waals surface area contributed by atoms with Gasteiger partial charge in [0.2, 0.25) is 0 Å². The number of rotatable bonds is 11. The fraction of sp³-hybridized carbons (Fsp3) is 1.00. The van der Waals surface area contributed by atoms with Crippen LogP contribution < -0.4 is 0 Å². The van der Waals surface area contributed by atoms with Crippen molar-refractivity contribution in [2.24, 2.45) is 0 Å². The van der Waals surface area contributed by atoms with Gasteiger partial charge in [-0.1, -0.05) is 86.2 Å². The first-order valence-corrected chi connectivity index (χ1v) is 8.36. The molecule has 0 fully saturated rings. The maximum Gasteiger partial charge on any atom is 0.190 e. The molecule has 0 rings (SSSR count). The summed E-state index contributed by atoms with van der Waals surface area (Å²) < 4.78 is -1.05. The molecule has 0 N–H and O–H groups in total. The molecule has 17 heavy (non-hydrogen) atoms. The third-order valence-electron chi connectivity index (χ3n) is 2.84. The Bertz CT molecular complexity index is 154. The number of hydrogen-bond donors (Lipinski definition) is 0. The van der Waals surface area contributed by atoms with Crippen LogP contribution in [0.3, 0.4) is 0 Å². The lowest BCUT2D eigenvalue weighted by molar-refractivity contribution is 0.551. The quantitative estimate of drug-likeness (QED) is 0.287. The highest BCUT2D eigenvalue weighted by Gasteiger charge is 2.17. The van der Waals surface area contributed by atoms with E-state index in [1.807, 2.05) is 0 Å². The fourth-order valence-electron chi connectivity index (χ4n) is 1.83. The Morgan fingerprint density at radius 3 is 1.24 bits per heavy atom. The second-order valence-corrected chi connectivity index (χ2v) is 7.48. The van der Waals surface area contributed by atoms with Crippen molar-refractivity contribution < 1.29 is 0 Å². The van der Waals surface area contributed by atoms with Crippen molar-refractivity contribution in [1.82, 2.24) is 0 Å². The Morgan fingerprint density at radius 2 is 0.882 bits per heavy atom. The minimum absolute atomic E-state index is 0.677. The maximum atomic E-state index is 5.68. The molecule has 4 heteroatoms. The maximum absolute atomic E-state index is 5.68. The van der Waals surface area contributed by atoms with Gasteiger partial charge in [0.15, 0.2) is 3.79 Å². The molecule has 0 atom stereocenters. The molecule has 0 heterocycles. The average molecular weight is 322 g/mol. The SMILES string of the molecule is ClCCCCCCCCCCCCC(Cl)(Cl)Cl. The zero-order valence-electron chi connectivity index (χ0n) is 10.5. The molecule has 0 unspecified atom stereocenters. The van der Waals surface area contributed by atoms with Gasteiger partial charge in [0.1, 0.15) is 0 Å². The molecule has 0 amide bonds. The largest absolute Gasteiger partial charge is 0.190 e. The summed E-state index contributed by atoms with van der Waals surface area (Å²) in [7, 11) is 0. The number of halogens is 4. The van der Waals surface area contributed by atoms with Crippen molar-refractivity contribution in [3.8, 4) is 0 Å². The number of alkyl halides is 4. The zero-order valence-corrected chi connectivity index (χ0v) is 13.5. The van der Waals surface area contributed by atoms with Crippen LogP contribution in [0.5, 0.6) is 0 Å². The molecule has 0 aliphatic carbocycles. The van der Waals surface area contributed by atoms with Crippen molar-refractivity contribution in [3.05, 3.63) is 0 Å². The molecule has 0 bridgehead atoms. The Hall–Kier alpha value is 1.16. The molecule has 104 valence electrons. The molecular formula is C13H24Cl4. The summed E-state index contributed by atoms with van der Waals surface area (Å²) in [6.07, 6.45) is 13.3. The standard InChI is InChI=1S/C13H24Cl4/c14-12-10-8-6-4-2-1-3-5-7-9-11-13(15,16)17/h1-12H2. The number of hydrogen-bond acceptors (Lipinski definition) is 0. The molecule has 0 nitrogen and oxygen atoms in total. The highest BCUT2D eigenvalue weighted by Crippen LogP contribution is 2.32. The normalized spacial score (nSPS) is 12.0. The van der Waals surface area contributed by atoms with Crippen LogP contribution in [0.2, 0.25) is 0 Å². The molecule has 0 saturated heterocycles. The van der Waals surface area contributed by atoms with Crippen LogP contribution in [0.1, 0.15) is 70.6 Å². The third-order valence-corrected chi connectivity index (χ3v) is 3.68. The smallest absolute Gasteiger partial charge is 0.127 e. The van der Waals surface area contributed by atoms with Crippen LogP contribution in [0.25, 0.3) is 0 Å². The first-order valence-electron chi connectivity index (χ1n) is 6.69. The Balaban J connectivity index is 2.99. The van der Waals surface area contributed by atoms with Crippen molar-refractivity contribution >= 4 is 46.4 Å². The Kier molecular flexibility index (Phi) is 13.0. The monoisotopic (exact) mass is 320 g/mol. The first-order chi connectivity index (χ1) is 8.06. The second kappa shape index (κ2) is 12.2. The van der Waals surface area contributed by atoms with Gasteiger partial charge in [-0.2, -0.15) is 0 Å². The summed E-state index contributed by atoms with van der Waals surface area (Å²) in [5, 5.41) is 0. The van der Waals surface area contributed by atoms with E-state index in [9.17, 15) is 0 Å². The van der Waals surface area contributed by atoms with E-state index in [0.29, 0.717) is 6.42 Å². The van der Waals surface area contributed by atoms with E-state index in [-0.39, 0.29) is 0 Å². The van der Waals surface area contributed by atoms with Gasteiger partial charge in [-0.3, -0.25) is 0 Å². The Labute approximate surface area is 126 Å². The fourth-order valence-corrected chi connectivity index (χ4v) is 2.42. The van der Waals surface area contributed by atoms with Gasteiger partial charge >= 0.3 is 0 Å². The minimum atomic E-state index is -1.05. The lowest BCUT2D eigenvalue weighted by Crippen LogP contribution is -2.00. The van der Waals surface area contributed by atoms with Crippen LogP contribution in [0, 0.1) is 0 Å². The van der Waals surface area contributed by atoms with Gasteiger partial charge < -0.3 is 0 Å². The van der Waals surface area contributed by atoms with Crippen molar-refractivity contribution in [2.75, 3.05) is 5.88 Å². The van der Waals surface area contributed by atoms with Crippen LogP contribution in [0.15, 0.2) is 0 Å². The minimum Gasteiger partial charge on any atom is -0.127 e. The van der Waals surface area contributed by atoms with Gasteiger partial charge in [0.25, 0.3) is 0 Å². The predicted molar refractivity (Wildman–Crippen MR) is 81.8 cm³/mol. The van der Waals surface area contributed by atoms with Crippen molar-refractivity contribution in [2.45, 2.75) is 74.4 Å². The summed E-state index contributed by atoms with van der Waals surface area (Å²) >= 11 is 22.6. The highest BCUT2D eigenvalue weighted by molar-refractivity contribution is 6.67. The van der Waals surface area contributed by atoms with E-state index in [2.05, 4.69) is 0 Å². The van der Waals surface area contributed by atoms with Gasteiger partial charge in [0.05, 0.1) is 0 Å². The van der Waals surface area contributed by atoms with Crippen LogP contribution in [-0.4, -0.2) is 9.67 Å². The molecule has 0 aliphatic rings.